The smallest absolute Gasteiger partial charge is 0.410 e. The van der Waals surface area contributed by atoms with Crippen molar-refractivity contribution in [2.24, 2.45) is 10.9 Å². The number of guanidine groups is 1. The topological polar surface area (TPSA) is 66.0 Å². The summed E-state index contributed by atoms with van der Waals surface area (Å²) in [6.45, 7) is 10.3. The minimum Gasteiger partial charge on any atom is -0.444 e. The number of thiophene rings is 1. The Morgan fingerprint density at radius 3 is 2.82 bits per heavy atom. The van der Waals surface area contributed by atoms with Gasteiger partial charge in [0.2, 0.25) is 0 Å². The van der Waals surface area contributed by atoms with E-state index in [-0.39, 0.29) is 36.1 Å². The summed E-state index contributed by atoms with van der Waals surface area (Å²) < 4.78 is 5.51. The monoisotopic (exact) mass is 522 g/mol. The number of amides is 1. The lowest BCUT2D eigenvalue weighted by molar-refractivity contribution is 0.0162. The highest BCUT2D eigenvalue weighted by Gasteiger charge is 2.27. The molecule has 160 valence electrons. The summed E-state index contributed by atoms with van der Waals surface area (Å²) in [6.07, 6.45) is 3.00. The third kappa shape index (κ3) is 8.55. The highest BCUT2D eigenvalue weighted by atomic mass is 127. The molecule has 0 saturated carbocycles. The maximum atomic E-state index is 12.3. The molecule has 2 atom stereocenters. The summed E-state index contributed by atoms with van der Waals surface area (Å²) in [5.74, 6) is 1.31. The van der Waals surface area contributed by atoms with Gasteiger partial charge < -0.3 is 20.3 Å². The number of nitrogens with one attached hydrogen (secondary N) is 2. The molecule has 1 aromatic rings. The van der Waals surface area contributed by atoms with Gasteiger partial charge in [0.25, 0.3) is 0 Å². The van der Waals surface area contributed by atoms with Crippen LogP contribution in [0.2, 0.25) is 0 Å². The highest BCUT2D eigenvalue weighted by molar-refractivity contribution is 14.0. The first-order chi connectivity index (χ1) is 12.8. The minimum absolute atomic E-state index is 0. The fourth-order valence-corrected chi connectivity index (χ4v) is 3.93. The Bertz CT molecular complexity index is 616. The Kier molecular flexibility index (Phi) is 10.6. The highest BCUT2D eigenvalue weighted by Crippen LogP contribution is 2.21. The molecule has 1 aliphatic heterocycles. The Morgan fingerprint density at radius 1 is 1.46 bits per heavy atom. The van der Waals surface area contributed by atoms with E-state index in [0.29, 0.717) is 5.92 Å². The quantitative estimate of drug-likeness (QED) is 0.336. The first kappa shape index (κ1) is 25.0. The molecule has 0 spiro atoms. The van der Waals surface area contributed by atoms with E-state index in [0.717, 1.165) is 44.9 Å². The second kappa shape index (κ2) is 11.8. The average Bonchev–Trinajstić information content (AvgIpc) is 3.14. The van der Waals surface area contributed by atoms with E-state index in [1.807, 2.05) is 25.7 Å². The molecular weight excluding hydrogens is 487 g/mol. The zero-order valence-corrected chi connectivity index (χ0v) is 20.8. The van der Waals surface area contributed by atoms with E-state index in [9.17, 15) is 4.79 Å². The molecule has 2 unspecified atom stereocenters. The van der Waals surface area contributed by atoms with Gasteiger partial charge in [-0.3, -0.25) is 4.99 Å². The molecule has 0 radical (unpaired) electrons. The van der Waals surface area contributed by atoms with Gasteiger partial charge in [0.1, 0.15) is 5.60 Å². The number of aliphatic imine (C=N–C) groups is 1. The van der Waals surface area contributed by atoms with Crippen molar-refractivity contribution >= 4 is 47.4 Å². The van der Waals surface area contributed by atoms with Crippen LogP contribution in [-0.2, 0) is 4.74 Å². The third-order valence-electron chi connectivity index (χ3n) is 4.56. The summed E-state index contributed by atoms with van der Waals surface area (Å²) in [4.78, 5) is 19.7. The molecule has 0 bridgehead atoms. The van der Waals surface area contributed by atoms with Crippen LogP contribution in [0.25, 0.3) is 0 Å². The standard InChI is InChI=1S/C20H34N4O2S.HI/c1-15(17-9-7-13-27-17)23-18(21-5)22-11-10-16-8-6-12-24(14-16)19(25)26-20(2,3)4;/h7,9,13,15-16H,6,8,10-12,14H2,1-5H3,(H2,21,22,23);1H. The fraction of sp³-hybridized carbons (Fsp3) is 0.700. The van der Waals surface area contributed by atoms with Crippen LogP contribution in [0.15, 0.2) is 22.5 Å². The van der Waals surface area contributed by atoms with Gasteiger partial charge in [0, 0.05) is 31.6 Å². The largest absolute Gasteiger partial charge is 0.444 e. The molecular formula is C20H35IN4O2S. The maximum absolute atomic E-state index is 12.3. The van der Waals surface area contributed by atoms with Gasteiger partial charge in [-0.1, -0.05) is 6.07 Å². The van der Waals surface area contributed by atoms with Crippen molar-refractivity contribution in [3.8, 4) is 0 Å². The molecule has 6 nitrogen and oxygen atoms in total. The van der Waals surface area contributed by atoms with Crippen LogP contribution in [0, 0.1) is 5.92 Å². The predicted molar refractivity (Wildman–Crippen MR) is 128 cm³/mol. The van der Waals surface area contributed by atoms with Gasteiger partial charge in [0.15, 0.2) is 5.96 Å². The summed E-state index contributed by atoms with van der Waals surface area (Å²) in [7, 11) is 1.79. The maximum Gasteiger partial charge on any atom is 0.410 e. The minimum atomic E-state index is -0.441. The fourth-order valence-electron chi connectivity index (χ4n) is 3.20. The lowest BCUT2D eigenvalue weighted by atomic mass is 9.95. The lowest BCUT2D eigenvalue weighted by Gasteiger charge is -2.34. The zero-order chi connectivity index (χ0) is 19.9. The number of rotatable bonds is 5. The lowest BCUT2D eigenvalue weighted by Crippen LogP contribution is -2.44. The van der Waals surface area contributed by atoms with Crippen molar-refractivity contribution in [2.45, 2.75) is 58.6 Å². The molecule has 1 saturated heterocycles. The number of piperidine rings is 1. The number of carbonyl (C=O) groups excluding carboxylic acids is 1. The average molecular weight is 522 g/mol. The molecule has 0 aliphatic carbocycles. The Balaban J connectivity index is 0.00000392. The van der Waals surface area contributed by atoms with Crippen LogP contribution in [-0.4, -0.2) is 49.2 Å². The first-order valence-corrected chi connectivity index (χ1v) is 10.6. The third-order valence-corrected chi connectivity index (χ3v) is 5.62. The molecule has 0 aromatic carbocycles. The van der Waals surface area contributed by atoms with Gasteiger partial charge >= 0.3 is 6.09 Å². The summed E-state index contributed by atoms with van der Waals surface area (Å²) in [5.41, 5.74) is -0.441. The van der Waals surface area contributed by atoms with Gasteiger partial charge in [-0.25, -0.2) is 4.79 Å². The second-order valence-corrected chi connectivity index (χ2v) is 9.08. The molecule has 1 amide bonds. The molecule has 1 aliphatic rings. The number of halogens is 1. The second-order valence-electron chi connectivity index (χ2n) is 8.10. The van der Waals surface area contributed by atoms with Crippen molar-refractivity contribution < 1.29 is 9.53 Å². The van der Waals surface area contributed by atoms with E-state index in [4.69, 9.17) is 4.74 Å². The number of ether oxygens (including phenoxy) is 1. The van der Waals surface area contributed by atoms with Crippen LogP contribution in [0.1, 0.15) is 57.9 Å². The van der Waals surface area contributed by atoms with Crippen LogP contribution in [0.3, 0.4) is 0 Å². The van der Waals surface area contributed by atoms with Crippen molar-refractivity contribution in [1.82, 2.24) is 15.5 Å². The molecule has 1 aromatic heterocycles. The van der Waals surface area contributed by atoms with Crippen LogP contribution >= 0.6 is 35.3 Å². The van der Waals surface area contributed by atoms with Gasteiger partial charge in [-0.2, -0.15) is 0 Å². The number of likely N-dealkylation sites (tertiary alicyclic amines) is 1. The molecule has 1 fully saturated rings. The zero-order valence-electron chi connectivity index (χ0n) is 17.7. The molecule has 2 heterocycles. The van der Waals surface area contributed by atoms with Crippen LogP contribution in [0.5, 0.6) is 0 Å². The van der Waals surface area contributed by atoms with Gasteiger partial charge in [0.05, 0.1) is 6.04 Å². The Labute approximate surface area is 190 Å². The summed E-state index contributed by atoms with van der Waals surface area (Å²) in [5, 5.41) is 8.91. The van der Waals surface area contributed by atoms with E-state index in [2.05, 4.69) is 40.1 Å². The number of nitrogens with zero attached hydrogens (tertiary/aromatic N) is 2. The van der Waals surface area contributed by atoms with Crippen molar-refractivity contribution in [2.75, 3.05) is 26.7 Å². The summed E-state index contributed by atoms with van der Waals surface area (Å²) >= 11 is 1.74. The van der Waals surface area contributed by atoms with E-state index >= 15 is 0 Å². The van der Waals surface area contributed by atoms with E-state index in [1.54, 1.807) is 18.4 Å². The van der Waals surface area contributed by atoms with E-state index in [1.165, 1.54) is 4.88 Å². The Morgan fingerprint density at radius 2 is 2.21 bits per heavy atom. The first-order valence-electron chi connectivity index (χ1n) is 9.77. The van der Waals surface area contributed by atoms with E-state index < -0.39 is 5.60 Å². The predicted octanol–water partition coefficient (Wildman–Crippen LogP) is 4.63. The van der Waals surface area contributed by atoms with Crippen molar-refractivity contribution in [3.05, 3.63) is 22.4 Å². The number of carbonyl (C=O) groups is 1. The normalized spacial score (nSPS) is 18.8. The van der Waals surface area contributed by atoms with Crippen molar-refractivity contribution in [3.63, 3.8) is 0 Å². The summed E-state index contributed by atoms with van der Waals surface area (Å²) in [6, 6.07) is 4.42. The number of hydrogen-bond acceptors (Lipinski definition) is 4. The van der Waals surface area contributed by atoms with Gasteiger partial charge in [-0.15, -0.1) is 35.3 Å². The molecule has 2 rings (SSSR count). The Hall–Kier alpha value is -1.03. The molecule has 2 N–H and O–H groups in total. The van der Waals surface area contributed by atoms with Crippen LogP contribution in [0.4, 0.5) is 4.79 Å². The van der Waals surface area contributed by atoms with Crippen molar-refractivity contribution in [1.29, 1.82) is 0 Å². The molecule has 8 heteroatoms. The SMILES string of the molecule is CN=C(NCCC1CCCN(C(=O)OC(C)(C)C)C1)NC(C)c1cccs1.I. The number of hydrogen-bond donors (Lipinski definition) is 2. The van der Waals surface area contributed by atoms with Gasteiger partial charge in [-0.05, 0) is 64.3 Å². The molecule has 28 heavy (non-hydrogen) atoms. The van der Waals surface area contributed by atoms with Crippen LogP contribution < -0.4 is 10.6 Å².